The summed E-state index contributed by atoms with van der Waals surface area (Å²) in [6.07, 6.45) is 0. The summed E-state index contributed by atoms with van der Waals surface area (Å²) < 4.78 is 2.95. The lowest BCUT2D eigenvalue weighted by atomic mass is 10.3. The molecule has 2 heterocycles. The van der Waals surface area contributed by atoms with Crippen LogP contribution in [0.2, 0.25) is 0 Å². The number of anilines is 2. The minimum absolute atomic E-state index is 0.124. The van der Waals surface area contributed by atoms with Crippen LogP contribution in [-0.2, 0) is 0 Å². The SMILES string of the molecule is O=c1c2nnn(-c3ccccc3)c2nc(Nc2ccccc2)n1N=P(c1ccccc1)(c1ccccc1)c1ccccc1. The van der Waals surface area contributed by atoms with Gasteiger partial charge >= 0.3 is 5.56 Å². The Balaban J connectivity index is 1.60. The maximum absolute atomic E-state index is 14.4. The van der Waals surface area contributed by atoms with Gasteiger partial charge in [-0.2, -0.15) is 19.2 Å². The van der Waals surface area contributed by atoms with E-state index in [2.05, 4.69) is 52.0 Å². The van der Waals surface area contributed by atoms with Crippen molar-refractivity contribution < 1.29 is 0 Å². The summed E-state index contributed by atoms with van der Waals surface area (Å²) in [5.74, 6) is 0.260. The summed E-state index contributed by atoms with van der Waals surface area (Å²) in [6.45, 7) is 0. The van der Waals surface area contributed by atoms with Gasteiger partial charge in [0, 0.05) is 21.6 Å². The molecule has 0 aliphatic carbocycles. The standard InChI is InChI=1S/C34H26N7OP/c42-33-31-32(40(38-37-31)27-18-8-2-9-19-27)36-34(35-26-16-6-1-7-17-26)41(33)39-43(28-20-10-3-11-21-28,29-22-12-4-13-23-29)30-24-14-5-15-25-30/h1-25H,(H,35,36). The van der Waals surface area contributed by atoms with Gasteiger partial charge in [0.05, 0.1) is 12.7 Å². The van der Waals surface area contributed by atoms with Crippen LogP contribution >= 0.6 is 7.05 Å². The fraction of sp³-hybridized carbons (Fsp3) is 0. The molecular formula is C34H26N7OP. The number of nitrogens with one attached hydrogen (secondary N) is 1. The Hall–Kier alpha value is -5.59. The molecule has 0 unspecified atom stereocenters. The van der Waals surface area contributed by atoms with Gasteiger partial charge in [0.1, 0.15) is 0 Å². The molecule has 5 aromatic carbocycles. The monoisotopic (exact) mass is 579 g/mol. The van der Waals surface area contributed by atoms with Crippen LogP contribution in [0.3, 0.4) is 0 Å². The fourth-order valence-corrected chi connectivity index (χ4v) is 8.53. The Bertz CT molecular complexity index is 2010. The van der Waals surface area contributed by atoms with E-state index >= 15 is 0 Å². The molecule has 2 aromatic heterocycles. The first-order chi connectivity index (χ1) is 21.2. The summed E-state index contributed by atoms with van der Waals surface area (Å²) in [5, 5.41) is 15.0. The molecule has 0 aliphatic rings. The lowest BCUT2D eigenvalue weighted by Crippen LogP contribution is -2.29. The summed E-state index contributed by atoms with van der Waals surface area (Å²) in [6, 6.07) is 49.6. The van der Waals surface area contributed by atoms with Crippen molar-refractivity contribution in [1.82, 2.24) is 24.7 Å². The first-order valence-corrected chi connectivity index (χ1v) is 15.5. The molecule has 0 saturated carbocycles. The number of hydrogen-bond acceptors (Lipinski definition) is 6. The van der Waals surface area contributed by atoms with E-state index in [1.165, 1.54) is 4.68 Å². The highest BCUT2D eigenvalue weighted by Crippen LogP contribution is 2.46. The van der Waals surface area contributed by atoms with Gasteiger partial charge in [-0.15, -0.1) is 5.10 Å². The Morgan fingerprint density at radius 1 is 0.605 bits per heavy atom. The second-order valence-electron chi connectivity index (χ2n) is 9.78. The molecule has 8 nitrogen and oxygen atoms in total. The molecule has 0 fully saturated rings. The van der Waals surface area contributed by atoms with Crippen molar-refractivity contribution in [3.8, 4) is 5.69 Å². The third kappa shape index (κ3) is 4.84. The minimum Gasteiger partial charge on any atom is -0.324 e. The van der Waals surface area contributed by atoms with Crippen LogP contribution in [0.1, 0.15) is 0 Å². The Kier molecular flexibility index (Phi) is 6.95. The topological polar surface area (TPSA) is 90.0 Å². The quantitative estimate of drug-likeness (QED) is 0.246. The molecule has 208 valence electrons. The van der Waals surface area contributed by atoms with E-state index < -0.39 is 12.6 Å². The van der Waals surface area contributed by atoms with E-state index in [0.29, 0.717) is 5.65 Å². The van der Waals surface area contributed by atoms with Crippen LogP contribution in [0.5, 0.6) is 0 Å². The van der Waals surface area contributed by atoms with Crippen LogP contribution in [0.4, 0.5) is 11.6 Å². The van der Waals surface area contributed by atoms with E-state index in [1.807, 2.05) is 115 Å². The molecule has 0 aliphatic heterocycles. The third-order valence-corrected chi connectivity index (χ3v) is 10.7. The van der Waals surface area contributed by atoms with Gasteiger partial charge in [0.15, 0.2) is 11.2 Å². The van der Waals surface area contributed by atoms with Crippen molar-refractivity contribution in [2.45, 2.75) is 0 Å². The number of hydrogen-bond donors (Lipinski definition) is 1. The van der Waals surface area contributed by atoms with E-state index in [1.54, 1.807) is 4.68 Å². The maximum atomic E-state index is 14.4. The molecule has 1 N–H and O–H groups in total. The van der Waals surface area contributed by atoms with E-state index in [9.17, 15) is 4.79 Å². The summed E-state index contributed by atoms with van der Waals surface area (Å²) in [7, 11) is -2.81. The lowest BCUT2D eigenvalue weighted by Gasteiger charge is -2.27. The van der Waals surface area contributed by atoms with Crippen molar-refractivity contribution in [3.63, 3.8) is 0 Å². The van der Waals surface area contributed by atoms with Crippen molar-refractivity contribution in [2.24, 2.45) is 4.85 Å². The fourth-order valence-electron chi connectivity index (χ4n) is 5.08. The average Bonchev–Trinajstić information content (AvgIpc) is 3.51. The molecule has 7 aromatic rings. The molecule has 0 radical (unpaired) electrons. The second kappa shape index (κ2) is 11.4. The van der Waals surface area contributed by atoms with Crippen molar-refractivity contribution in [1.29, 1.82) is 0 Å². The van der Waals surface area contributed by atoms with Crippen LogP contribution in [0.15, 0.2) is 161 Å². The lowest BCUT2D eigenvalue weighted by molar-refractivity contribution is 0.815. The van der Waals surface area contributed by atoms with Crippen molar-refractivity contribution in [3.05, 3.63) is 162 Å². The van der Waals surface area contributed by atoms with Crippen molar-refractivity contribution >= 4 is 45.8 Å². The Morgan fingerprint density at radius 3 is 1.58 bits per heavy atom. The number of fused-ring (bicyclic) bond motifs is 1. The largest absolute Gasteiger partial charge is 0.324 e. The van der Waals surface area contributed by atoms with Gasteiger partial charge < -0.3 is 5.32 Å². The number of nitrogens with zero attached hydrogens (tertiary/aromatic N) is 6. The Morgan fingerprint density at radius 2 is 1.07 bits per heavy atom. The third-order valence-electron chi connectivity index (χ3n) is 7.10. The molecule has 0 bridgehead atoms. The molecular weight excluding hydrogens is 553 g/mol. The van der Waals surface area contributed by atoms with Gasteiger partial charge in [-0.3, -0.25) is 4.79 Å². The highest BCUT2D eigenvalue weighted by atomic mass is 31.2. The van der Waals surface area contributed by atoms with Gasteiger partial charge in [0.2, 0.25) is 5.95 Å². The Labute approximate surface area is 248 Å². The summed E-state index contributed by atoms with van der Waals surface area (Å²) in [4.78, 5) is 24.8. The average molecular weight is 580 g/mol. The van der Waals surface area contributed by atoms with Crippen LogP contribution in [0, 0.1) is 0 Å². The van der Waals surface area contributed by atoms with Gasteiger partial charge in [-0.1, -0.05) is 133 Å². The molecule has 43 heavy (non-hydrogen) atoms. The van der Waals surface area contributed by atoms with Crippen LogP contribution < -0.4 is 26.8 Å². The predicted octanol–water partition coefficient (Wildman–Crippen LogP) is 5.66. The summed E-state index contributed by atoms with van der Waals surface area (Å²) >= 11 is 0. The molecule has 0 spiro atoms. The van der Waals surface area contributed by atoms with E-state index in [-0.39, 0.29) is 11.5 Å². The molecule has 0 atom stereocenters. The van der Waals surface area contributed by atoms with Crippen LogP contribution in [0.25, 0.3) is 16.9 Å². The van der Waals surface area contributed by atoms with Crippen molar-refractivity contribution in [2.75, 3.05) is 5.32 Å². The predicted molar refractivity (Wildman–Crippen MR) is 174 cm³/mol. The molecule has 0 saturated heterocycles. The van der Waals surface area contributed by atoms with Gasteiger partial charge in [0.25, 0.3) is 0 Å². The molecule has 7 rings (SSSR count). The zero-order valence-corrected chi connectivity index (χ0v) is 23.9. The number of rotatable bonds is 7. The first-order valence-electron chi connectivity index (χ1n) is 13.8. The number of aromatic nitrogens is 5. The zero-order valence-electron chi connectivity index (χ0n) is 23.0. The maximum Gasteiger partial charge on any atom is 0.305 e. The first kappa shape index (κ1) is 26.3. The van der Waals surface area contributed by atoms with E-state index in [4.69, 9.17) is 9.84 Å². The second-order valence-corrected chi connectivity index (χ2v) is 12.8. The van der Waals surface area contributed by atoms with Gasteiger partial charge in [-0.25, -0.2) is 0 Å². The number of benzene rings is 5. The van der Waals surface area contributed by atoms with Crippen LogP contribution in [-0.4, -0.2) is 24.7 Å². The van der Waals surface area contributed by atoms with Gasteiger partial charge in [-0.05, 0) is 24.3 Å². The summed E-state index contributed by atoms with van der Waals surface area (Å²) in [5.41, 5.74) is 1.55. The smallest absolute Gasteiger partial charge is 0.305 e. The van der Waals surface area contributed by atoms with E-state index in [0.717, 1.165) is 27.3 Å². The molecule has 9 heteroatoms. The minimum atomic E-state index is -2.81. The zero-order chi connectivity index (χ0) is 29.1. The highest BCUT2D eigenvalue weighted by Gasteiger charge is 2.29. The normalized spacial score (nSPS) is 11.3. The highest BCUT2D eigenvalue weighted by molar-refractivity contribution is 7.87. The number of para-hydroxylation sites is 2. The molecule has 0 amide bonds.